The number of fused-ring (bicyclic) bond motifs is 1. The lowest BCUT2D eigenvalue weighted by Gasteiger charge is -2.12. The van der Waals surface area contributed by atoms with E-state index in [2.05, 4.69) is 20.5 Å². The molecule has 3 rings (SSSR count). The average molecular weight is 324 g/mol. The first kappa shape index (κ1) is 14.0. The normalized spacial score (nSPS) is 13.5. The van der Waals surface area contributed by atoms with Crippen LogP contribution < -0.4 is 5.32 Å². The number of nitrogens with one attached hydrogen (secondary N) is 1. The van der Waals surface area contributed by atoms with Gasteiger partial charge in [-0.2, -0.15) is 5.10 Å². The van der Waals surface area contributed by atoms with Gasteiger partial charge in [-0.15, -0.1) is 5.10 Å². The molecule has 1 N–H and O–H groups in total. The van der Waals surface area contributed by atoms with Crippen molar-refractivity contribution in [3.63, 3.8) is 0 Å². The van der Waals surface area contributed by atoms with E-state index in [4.69, 9.17) is 23.2 Å². The van der Waals surface area contributed by atoms with Gasteiger partial charge in [0.05, 0.1) is 36.0 Å². The molecule has 0 saturated heterocycles. The summed E-state index contributed by atoms with van der Waals surface area (Å²) in [6.45, 7) is 1.11. The van der Waals surface area contributed by atoms with Crippen molar-refractivity contribution in [1.29, 1.82) is 0 Å². The highest BCUT2D eigenvalue weighted by atomic mass is 35.5. The number of carbonyl (C=O) groups excluding carboxylic acids is 1. The Morgan fingerprint density at radius 3 is 3.10 bits per heavy atom. The summed E-state index contributed by atoms with van der Waals surface area (Å²) in [5.74, 6) is -0.278. The molecule has 21 heavy (non-hydrogen) atoms. The van der Waals surface area contributed by atoms with E-state index in [0.717, 1.165) is 29.4 Å². The minimum atomic E-state index is -0.278. The van der Waals surface area contributed by atoms with Gasteiger partial charge in [0.1, 0.15) is 0 Å². The Labute approximate surface area is 130 Å². The fourth-order valence-corrected chi connectivity index (χ4v) is 2.44. The number of aryl methyl sites for hydroxylation is 1. The average Bonchev–Trinajstić information content (AvgIpc) is 2.87. The molecule has 0 bridgehead atoms. The minimum absolute atomic E-state index is 0.178. The second-order valence-corrected chi connectivity index (χ2v) is 5.43. The van der Waals surface area contributed by atoms with Gasteiger partial charge in [-0.1, -0.05) is 23.2 Å². The van der Waals surface area contributed by atoms with Crippen molar-refractivity contribution in [2.75, 3.05) is 0 Å². The van der Waals surface area contributed by atoms with E-state index < -0.39 is 0 Å². The van der Waals surface area contributed by atoms with Gasteiger partial charge in [0.25, 0.3) is 5.91 Å². The largest absolute Gasteiger partial charge is 0.346 e. The molecule has 0 aromatic carbocycles. The molecule has 2 aromatic rings. The molecule has 1 aliphatic rings. The molecule has 2 aromatic heterocycles. The predicted octanol–water partition coefficient (Wildman–Crippen LogP) is 2.24. The number of imidazole rings is 1. The number of carbonyl (C=O) groups is 1. The van der Waals surface area contributed by atoms with Gasteiger partial charge in [-0.3, -0.25) is 4.79 Å². The quantitative estimate of drug-likeness (QED) is 0.940. The van der Waals surface area contributed by atoms with Crippen LogP contribution in [0.3, 0.4) is 0 Å². The van der Waals surface area contributed by atoms with Crippen LogP contribution in [0.2, 0.25) is 5.15 Å². The van der Waals surface area contributed by atoms with Gasteiger partial charge >= 0.3 is 0 Å². The molecule has 0 saturated carbocycles. The molecule has 0 spiro atoms. The van der Waals surface area contributed by atoms with Gasteiger partial charge in [-0.25, -0.2) is 4.98 Å². The second kappa shape index (κ2) is 5.83. The van der Waals surface area contributed by atoms with E-state index in [0.29, 0.717) is 12.1 Å². The molecule has 0 radical (unpaired) electrons. The standard InChI is InChI=1S/C13H11Cl2N5O/c14-9-1-2-20-7-17-10(11(20)4-9)6-16-13(21)8-3-12(15)19-18-5-8/h3-5,7H,1-2,6H2,(H,16,21). The molecule has 3 heterocycles. The summed E-state index contributed by atoms with van der Waals surface area (Å²) in [6.07, 6.45) is 5.80. The summed E-state index contributed by atoms with van der Waals surface area (Å²) in [5, 5.41) is 11.0. The highest BCUT2D eigenvalue weighted by Gasteiger charge is 2.15. The summed E-state index contributed by atoms with van der Waals surface area (Å²) in [7, 11) is 0. The third-order valence-corrected chi connectivity index (χ3v) is 3.63. The maximum Gasteiger partial charge on any atom is 0.253 e. The zero-order valence-electron chi connectivity index (χ0n) is 10.9. The Morgan fingerprint density at radius 1 is 1.43 bits per heavy atom. The van der Waals surface area contributed by atoms with Crippen LogP contribution >= 0.6 is 23.2 Å². The molecule has 108 valence electrons. The highest BCUT2D eigenvalue weighted by Crippen LogP contribution is 2.23. The predicted molar refractivity (Wildman–Crippen MR) is 78.9 cm³/mol. The van der Waals surface area contributed by atoms with Crippen LogP contribution in [0.1, 0.15) is 28.2 Å². The zero-order valence-corrected chi connectivity index (χ0v) is 12.4. The number of aromatic nitrogens is 4. The molecule has 1 amide bonds. The van der Waals surface area contributed by atoms with Gasteiger partial charge in [0.2, 0.25) is 0 Å². The van der Waals surface area contributed by atoms with E-state index in [1.54, 1.807) is 6.33 Å². The fourth-order valence-electron chi connectivity index (χ4n) is 2.09. The molecule has 0 aliphatic carbocycles. The van der Waals surface area contributed by atoms with E-state index in [9.17, 15) is 4.79 Å². The Bertz CT molecular complexity index is 725. The topological polar surface area (TPSA) is 72.7 Å². The number of hydrogen-bond acceptors (Lipinski definition) is 4. The molecule has 0 unspecified atom stereocenters. The molecule has 0 atom stereocenters. The van der Waals surface area contributed by atoms with Crippen LogP contribution in [0.4, 0.5) is 0 Å². The Balaban J connectivity index is 1.72. The van der Waals surface area contributed by atoms with E-state index in [-0.39, 0.29) is 11.1 Å². The Kier molecular flexibility index (Phi) is 3.90. The van der Waals surface area contributed by atoms with Crippen LogP contribution in [-0.2, 0) is 13.1 Å². The third kappa shape index (κ3) is 3.06. The lowest BCUT2D eigenvalue weighted by Crippen LogP contribution is -2.24. The first-order valence-corrected chi connectivity index (χ1v) is 7.05. The van der Waals surface area contributed by atoms with Crippen molar-refractivity contribution >= 4 is 35.2 Å². The highest BCUT2D eigenvalue weighted by molar-refractivity contribution is 6.31. The van der Waals surface area contributed by atoms with Crippen molar-refractivity contribution < 1.29 is 4.79 Å². The van der Waals surface area contributed by atoms with Crippen LogP contribution in [0.15, 0.2) is 23.6 Å². The molecule has 1 aliphatic heterocycles. The Morgan fingerprint density at radius 2 is 2.29 bits per heavy atom. The summed E-state index contributed by atoms with van der Waals surface area (Å²) in [6, 6.07) is 1.46. The maximum absolute atomic E-state index is 12.0. The molecular weight excluding hydrogens is 313 g/mol. The number of nitrogens with zero attached hydrogens (tertiary/aromatic N) is 4. The van der Waals surface area contributed by atoms with Crippen LogP contribution in [0.25, 0.3) is 6.08 Å². The molecule has 0 fully saturated rings. The van der Waals surface area contributed by atoms with E-state index in [1.807, 2.05) is 10.6 Å². The SMILES string of the molecule is O=C(NCc1ncn2c1C=C(Cl)CC2)c1cnnc(Cl)c1. The third-order valence-electron chi connectivity index (χ3n) is 3.15. The minimum Gasteiger partial charge on any atom is -0.346 e. The zero-order chi connectivity index (χ0) is 14.8. The summed E-state index contributed by atoms with van der Waals surface area (Å²) < 4.78 is 2.01. The van der Waals surface area contributed by atoms with Crippen LogP contribution in [0, 0.1) is 0 Å². The molecule has 8 heteroatoms. The lowest BCUT2D eigenvalue weighted by atomic mass is 10.2. The summed E-state index contributed by atoms with van der Waals surface area (Å²) in [5.41, 5.74) is 2.06. The van der Waals surface area contributed by atoms with Crippen LogP contribution in [0.5, 0.6) is 0 Å². The van der Waals surface area contributed by atoms with Crippen molar-refractivity contribution in [3.8, 4) is 0 Å². The number of halogens is 2. The van der Waals surface area contributed by atoms with Crippen LogP contribution in [-0.4, -0.2) is 25.7 Å². The van der Waals surface area contributed by atoms with Crippen molar-refractivity contribution in [2.45, 2.75) is 19.5 Å². The smallest absolute Gasteiger partial charge is 0.253 e. The number of amides is 1. The second-order valence-electron chi connectivity index (χ2n) is 4.56. The summed E-state index contributed by atoms with van der Waals surface area (Å²) >= 11 is 11.8. The van der Waals surface area contributed by atoms with E-state index in [1.165, 1.54) is 12.3 Å². The number of rotatable bonds is 3. The number of hydrogen-bond donors (Lipinski definition) is 1. The molecule has 6 nitrogen and oxygen atoms in total. The van der Waals surface area contributed by atoms with Gasteiger partial charge < -0.3 is 9.88 Å². The molecular formula is C13H11Cl2N5O. The monoisotopic (exact) mass is 323 g/mol. The first-order chi connectivity index (χ1) is 10.1. The summed E-state index contributed by atoms with van der Waals surface area (Å²) in [4.78, 5) is 16.3. The van der Waals surface area contributed by atoms with Gasteiger partial charge in [-0.05, 0) is 12.1 Å². The first-order valence-electron chi connectivity index (χ1n) is 6.30. The fraction of sp³-hybridized carbons (Fsp3) is 0.231. The number of allylic oxidation sites excluding steroid dienone is 1. The lowest BCUT2D eigenvalue weighted by molar-refractivity contribution is 0.0950. The van der Waals surface area contributed by atoms with Gasteiger partial charge in [0, 0.05) is 18.0 Å². The van der Waals surface area contributed by atoms with E-state index >= 15 is 0 Å². The van der Waals surface area contributed by atoms with Crippen molar-refractivity contribution in [3.05, 3.63) is 45.7 Å². The van der Waals surface area contributed by atoms with Crippen molar-refractivity contribution in [2.24, 2.45) is 0 Å². The van der Waals surface area contributed by atoms with Gasteiger partial charge in [0.15, 0.2) is 5.15 Å². The van der Waals surface area contributed by atoms with Crippen molar-refractivity contribution in [1.82, 2.24) is 25.1 Å². The maximum atomic E-state index is 12.0. The Hall–Kier alpha value is -1.92.